The summed E-state index contributed by atoms with van der Waals surface area (Å²) in [5.41, 5.74) is 5.17. The zero-order valence-electron chi connectivity index (χ0n) is 24.2. The van der Waals surface area contributed by atoms with E-state index in [0.717, 1.165) is 38.6 Å². The van der Waals surface area contributed by atoms with Crippen LogP contribution in [0.1, 0.15) is 0 Å². The van der Waals surface area contributed by atoms with Crippen molar-refractivity contribution in [3.8, 4) is 45.3 Å². The Balaban J connectivity index is 1.36. The highest BCUT2D eigenvalue weighted by molar-refractivity contribution is 7.25. The van der Waals surface area contributed by atoms with Crippen molar-refractivity contribution >= 4 is 53.1 Å². The molecule has 0 amide bonds. The second-order valence-electron chi connectivity index (χ2n) is 11.3. The van der Waals surface area contributed by atoms with Gasteiger partial charge in [0.15, 0.2) is 17.5 Å². The molecule has 3 nitrogen and oxygen atoms in total. The molecule has 0 N–H and O–H groups in total. The third-order valence-electron chi connectivity index (χ3n) is 8.50. The van der Waals surface area contributed by atoms with Crippen LogP contribution in [0.4, 0.5) is 0 Å². The highest BCUT2D eigenvalue weighted by atomic mass is 32.1. The number of aromatic nitrogens is 3. The van der Waals surface area contributed by atoms with Crippen LogP contribution in [-0.4, -0.2) is 15.0 Å². The van der Waals surface area contributed by atoms with Gasteiger partial charge in [-0.3, -0.25) is 0 Å². The molecule has 0 aliphatic heterocycles. The van der Waals surface area contributed by atoms with Crippen LogP contribution in [0.5, 0.6) is 0 Å². The van der Waals surface area contributed by atoms with E-state index in [2.05, 4.69) is 152 Å². The number of hydrogen-bond donors (Lipinski definition) is 0. The van der Waals surface area contributed by atoms with Crippen LogP contribution in [0.15, 0.2) is 152 Å². The predicted octanol–water partition coefficient (Wildman–Crippen LogP) is 11.2. The van der Waals surface area contributed by atoms with Gasteiger partial charge in [0.1, 0.15) is 0 Å². The summed E-state index contributed by atoms with van der Waals surface area (Å²) in [5.74, 6) is 1.98. The third-order valence-corrected chi connectivity index (χ3v) is 9.63. The van der Waals surface area contributed by atoms with Gasteiger partial charge < -0.3 is 0 Å². The molecule has 9 aromatic rings. The van der Waals surface area contributed by atoms with Crippen molar-refractivity contribution in [3.05, 3.63) is 152 Å². The Morgan fingerprint density at radius 2 is 0.956 bits per heavy atom. The lowest BCUT2D eigenvalue weighted by Gasteiger charge is -2.14. The minimum absolute atomic E-state index is 0.657. The summed E-state index contributed by atoms with van der Waals surface area (Å²) in [6.45, 7) is 0. The van der Waals surface area contributed by atoms with Crippen LogP contribution in [0, 0.1) is 0 Å². The zero-order valence-corrected chi connectivity index (χ0v) is 25.0. The van der Waals surface area contributed by atoms with E-state index >= 15 is 0 Å². The van der Waals surface area contributed by atoms with Gasteiger partial charge in [-0.25, -0.2) is 15.0 Å². The highest BCUT2D eigenvalue weighted by Crippen LogP contribution is 2.41. The van der Waals surface area contributed by atoms with E-state index in [0.29, 0.717) is 17.5 Å². The lowest BCUT2D eigenvalue weighted by atomic mass is 9.95. The molecule has 7 aromatic carbocycles. The summed E-state index contributed by atoms with van der Waals surface area (Å²) in [4.78, 5) is 15.7. The molecule has 9 rings (SSSR count). The maximum Gasteiger partial charge on any atom is 0.164 e. The number of fused-ring (bicyclic) bond motifs is 5. The van der Waals surface area contributed by atoms with Gasteiger partial charge >= 0.3 is 0 Å². The molecule has 0 aliphatic carbocycles. The van der Waals surface area contributed by atoms with Gasteiger partial charge in [0.05, 0.1) is 0 Å². The molecule has 0 radical (unpaired) electrons. The summed E-state index contributed by atoms with van der Waals surface area (Å²) >= 11 is 1.80. The summed E-state index contributed by atoms with van der Waals surface area (Å²) in [5, 5.41) is 7.07. The number of benzene rings is 7. The van der Waals surface area contributed by atoms with Crippen molar-refractivity contribution in [2.75, 3.05) is 0 Å². The molecule has 0 bridgehead atoms. The van der Waals surface area contributed by atoms with Gasteiger partial charge in [-0.05, 0) is 63.0 Å². The normalized spacial score (nSPS) is 11.6. The molecule has 45 heavy (non-hydrogen) atoms. The lowest BCUT2D eigenvalue weighted by Crippen LogP contribution is -2.01. The predicted molar refractivity (Wildman–Crippen MR) is 189 cm³/mol. The smallest absolute Gasteiger partial charge is 0.164 e. The first-order chi connectivity index (χ1) is 22.3. The Labute approximate surface area is 264 Å². The minimum Gasteiger partial charge on any atom is -0.208 e. The van der Waals surface area contributed by atoms with Crippen LogP contribution < -0.4 is 0 Å². The van der Waals surface area contributed by atoms with Gasteiger partial charge in [0.2, 0.25) is 0 Å². The Kier molecular flexibility index (Phi) is 6.00. The van der Waals surface area contributed by atoms with E-state index in [1.807, 2.05) is 0 Å². The molecule has 0 saturated carbocycles. The fraction of sp³-hybridized carbons (Fsp3) is 0. The lowest BCUT2D eigenvalue weighted by molar-refractivity contribution is 1.08. The molecule has 0 atom stereocenters. The van der Waals surface area contributed by atoms with Gasteiger partial charge in [0.25, 0.3) is 0 Å². The average Bonchev–Trinajstić information content (AvgIpc) is 3.50. The molecular formula is C41H25N3S. The van der Waals surface area contributed by atoms with Crippen molar-refractivity contribution in [2.24, 2.45) is 0 Å². The van der Waals surface area contributed by atoms with Crippen molar-refractivity contribution in [2.45, 2.75) is 0 Å². The van der Waals surface area contributed by atoms with Gasteiger partial charge in [-0.1, -0.05) is 121 Å². The van der Waals surface area contributed by atoms with Crippen molar-refractivity contribution < 1.29 is 0 Å². The first-order valence-electron chi connectivity index (χ1n) is 15.0. The fourth-order valence-corrected chi connectivity index (χ4v) is 7.45. The van der Waals surface area contributed by atoms with Crippen LogP contribution >= 0.6 is 11.3 Å². The molecule has 0 spiro atoms. The first-order valence-corrected chi connectivity index (χ1v) is 15.8. The van der Waals surface area contributed by atoms with Crippen molar-refractivity contribution in [1.29, 1.82) is 0 Å². The molecule has 210 valence electrons. The second-order valence-corrected chi connectivity index (χ2v) is 12.3. The molecule has 4 heteroatoms. The number of nitrogens with zero attached hydrogens (tertiary/aromatic N) is 3. The topological polar surface area (TPSA) is 38.7 Å². The van der Waals surface area contributed by atoms with Crippen molar-refractivity contribution in [3.63, 3.8) is 0 Å². The van der Waals surface area contributed by atoms with E-state index in [1.165, 1.54) is 30.9 Å². The fourth-order valence-electron chi connectivity index (χ4n) is 6.32. The molecule has 0 aliphatic rings. The van der Waals surface area contributed by atoms with E-state index in [4.69, 9.17) is 15.0 Å². The quantitative estimate of drug-likeness (QED) is 0.204. The largest absolute Gasteiger partial charge is 0.208 e. The molecule has 2 aromatic heterocycles. The van der Waals surface area contributed by atoms with Crippen LogP contribution in [0.3, 0.4) is 0 Å². The summed E-state index contributed by atoms with van der Waals surface area (Å²) in [7, 11) is 0. The number of rotatable bonds is 4. The molecule has 0 unspecified atom stereocenters. The van der Waals surface area contributed by atoms with Crippen LogP contribution in [0.2, 0.25) is 0 Å². The molecule has 2 heterocycles. The summed E-state index contributed by atoms with van der Waals surface area (Å²) < 4.78 is 2.48. The van der Waals surface area contributed by atoms with E-state index in [-0.39, 0.29) is 0 Å². The minimum atomic E-state index is 0.657. The summed E-state index contributed by atoms with van der Waals surface area (Å²) in [6, 6.07) is 53.3. The standard InChI is InChI=1S/C41H25N3S/c1-2-12-27(13-3-1)34-24-29-15-6-7-16-30(29)25-35(34)41-43-39(31-22-21-26-11-4-5-14-28(26)23-31)42-40(44-41)33-18-10-20-37-38(33)32-17-8-9-19-36(32)45-37/h1-25H. The Bertz CT molecular complexity index is 2550. The third kappa shape index (κ3) is 4.46. The van der Waals surface area contributed by atoms with Crippen LogP contribution in [0.25, 0.3) is 87.0 Å². The Hall–Kier alpha value is -5.71. The maximum absolute atomic E-state index is 5.27. The summed E-state index contributed by atoms with van der Waals surface area (Å²) in [6.07, 6.45) is 0. The Morgan fingerprint density at radius 1 is 0.356 bits per heavy atom. The molecular weight excluding hydrogens is 567 g/mol. The number of hydrogen-bond acceptors (Lipinski definition) is 4. The van der Waals surface area contributed by atoms with Crippen molar-refractivity contribution in [1.82, 2.24) is 15.0 Å². The first kappa shape index (κ1) is 25.8. The highest BCUT2D eigenvalue weighted by Gasteiger charge is 2.19. The van der Waals surface area contributed by atoms with E-state index < -0.39 is 0 Å². The SMILES string of the molecule is c1ccc(-c2cc3ccccc3cc2-c2nc(-c3ccc4ccccc4c3)nc(-c3cccc4sc5ccccc5c34)n2)cc1. The molecule has 0 fully saturated rings. The Morgan fingerprint density at radius 3 is 1.76 bits per heavy atom. The monoisotopic (exact) mass is 591 g/mol. The molecule has 0 saturated heterocycles. The number of thiophene rings is 1. The maximum atomic E-state index is 5.27. The van der Waals surface area contributed by atoms with Gasteiger partial charge in [-0.2, -0.15) is 0 Å². The second kappa shape index (κ2) is 10.5. The van der Waals surface area contributed by atoms with Crippen LogP contribution in [-0.2, 0) is 0 Å². The van der Waals surface area contributed by atoms with Gasteiger partial charge in [-0.15, -0.1) is 11.3 Å². The van der Waals surface area contributed by atoms with E-state index in [1.54, 1.807) is 11.3 Å². The zero-order chi connectivity index (χ0) is 29.7. The average molecular weight is 592 g/mol. The van der Waals surface area contributed by atoms with E-state index in [9.17, 15) is 0 Å². The van der Waals surface area contributed by atoms with Gasteiger partial charge in [0, 0.05) is 36.9 Å².